The zero-order valence-electron chi connectivity index (χ0n) is 15.2. The minimum atomic E-state index is -0.387. The van der Waals surface area contributed by atoms with Crippen LogP contribution in [0.15, 0.2) is 34.3 Å². The van der Waals surface area contributed by atoms with Gasteiger partial charge in [0.15, 0.2) is 0 Å². The van der Waals surface area contributed by atoms with Crippen molar-refractivity contribution in [3.8, 4) is 0 Å². The van der Waals surface area contributed by atoms with Crippen LogP contribution in [0.5, 0.6) is 0 Å². The first kappa shape index (κ1) is 18.0. The maximum Gasteiger partial charge on any atom is 0.276 e. The Kier molecular flexibility index (Phi) is 5.25. The number of nitrogens with zero attached hydrogens (tertiary/aromatic N) is 4. The fourth-order valence-corrected chi connectivity index (χ4v) is 2.77. The van der Waals surface area contributed by atoms with Crippen molar-refractivity contribution in [2.45, 2.75) is 52.0 Å². The van der Waals surface area contributed by atoms with Gasteiger partial charge in [-0.2, -0.15) is 5.10 Å². The Hall–Kier alpha value is -2.83. The molecular weight excluding hydrogens is 330 g/mol. The second-order valence-electron chi connectivity index (χ2n) is 6.38. The highest BCUT2D eigenvalue weighted by Gasteiger charge is 2.26. The summed E-state index contributed by atoms with van der Waals surface area (Å²) in [5, 5.41) is 7.42. The summed E-state index contributed by atoms with van der Waals surface area (Å²) < 4.78 is 1.19. The minimum absolute atomic E-state index is 0.188. The summed E-state index contributed by atoms with van der Waals surface area (Å²) in [6, 6.07) is 3.71. The maximum absolute atomic E-state index is 12.7. The van der Waals surface area contributed by atoms with Gasteiger partial charge in [0.1, 0.15) is 12.4 Å². The highest BCUT2D eigenvalue weighted by Crippen LogP contribution is 2.39. The molecule has 26 heavy (non-hydrogen) atoms. The Labute approximate surface area is 151 Å². The molecule has 2 aromatic heterocycles. The molecule has 0 radical (unpaired) electrons. The summed E-state index contributed by atoms with van der Waals surface area (Å²) in [5.41, 5.74) is 2.08. The quantitative estimate of drug-likeness (QED) is 0.774. The molecule has 2 aromatic rings. The van der Waals surface area contributed by atoms with E-state index >= 15 is 0 Å². The number of carbonyl (C=O) groups excluding carboxylic acids is 1. The number of nitrogens with one attached hydrogen (secondary N) is 1. The monoisotopic (exact) mass is 353 g/mol. The van der Waals surface area contributed by atoms with Crippen LogP contribution in [-0.2, 0) is 17.8 Å². The fourth-order valence-electron chi connectivity index (χ4n) is 2.77. The lowest BCUT2D eigenvalue weighted by molar-refractivity contribution is -0.121. The van der Waals surface area contributed by atoms with Gasteiger partial charge < -0.3 is 5.32 Å². The average Bonchev–Trinajstić information content (AvgIpc) is 3.47. The molecule has 0 saturated heterocycles. The first-order chi connectivity index (χ1) is 12.5. The van der Waals surface area contributed by atoms with Crippen molar-refractivity contribution >= 4 is 23.0 Å². The molecule has 136 valence electrons. The number of fused-ring (bicyclic) bond motifs is 1. The van der Waals surface area contributed by atoms with Crippen LogP contribution < -0.4 is 10.9 Å². The number of amides is 1. The summed E-state index contributed by atoms with van der Waals surface area (Å²) in [6.07, 6.45) is 5.33. The second kappa shape index (κ2) is 7.59. The van der Waals surface area contributed by atoms with E-state index in [1.165, 1.54) is 4.68 Å². The molecule has 1 aliphatic rings. The van der Waals surface area contributed by atoms with Crippen molar-refractivity contribution in [1.82, 2.24) is 20.1 Å². The van der Waals surface area contributed by atoms with Crippen molar-refractivity contribution in [1.29, 1.82) is 0 Å². The SMILES string of the molecule is C=C(/N=C\CC)NC(=O)Cn1nc(CC)c2nc(C3CC3)ccc2c1=O. The number of hydrogen-bond acceptors (Lipinski definition) is 5. The molecule has 1 N–H and O–H groups in total. The zero-order valence-corrected chi connectivity index (χ0v) is 15.2. The molecule has 1 saturated carbocycles. The van der Waals surface area contributed by atoms with Crippen LogP contribution in [0.25, 0.3) is 10.9 Å². The molecule has 7 heteroatoms. The van der Waals surface area contributed by atoms with E-state index in [2.05, 4.69) is 27.0 Å². The van der Waals surface area contributed by atoms with Crippen LogP contribution >= 0.6 is 0 Å². The Morgan fingerprint density at radius 2 is 2.19 bits per heavy atom. The molecular formula is C19H23N5O2. The van der Waals surface area contributed by atoms with E-state index in [1.54, 1.807) is 12.3 Å². The molecule has 0 spiro atoms. The Morgan fingerprint density at radius 1 is 1.42 bits per heavy atom. The van der Waals surface area contributed by atoms with Crippen LogP contribution in [0.1, 0.15) is 50.4 Å². The van der Waals surface area contributed by atoms with Gasteiger partial charge in [-0.05, 0) is 37.8 Å². The van der Waals surface area contributed by atoms with E-state index in [4.69, 9.17) is 0 Å². The lowest BCUT2D eigenvalue weighted by Crippen LogP contribution is -2.33. The normalized spacial score (nSPS) is 14.1. The van der Waals surface area contributed by atoms with Gasteiger partial charge in [0, 0.05) is 17.8 Å². The van der Waals surface area contributed by atoms with Gasteiger partial charge in [-0.3, -0.25) is 14.6 Å². The van der Waals surface area contributed by atoms with Gasteiger partial charge in [-0.25, -0.2) is 9.67 Å². The molecule has 0 unspecified atom stereocenters. The largest absolute Gasteiger partial charge is 0.310 e. The average molecular weight is 353 g/mol. The predicted molar refractivity (Wildman–Crippen MR) is 101 cm³/mol. The van der Waals surface area contributed by atoms with Crippen LogP contribution in [0.2, 0.25) is 0 Å². The molecule has 3 rings (SSSR count). The van der Waals surface area contributed by atoms with Gasteiger partial charge >= 0.3 is 0 Å². The van der Waals surface area contributed by atoms with Gasteiger partial charge in [0.05, 0.1) is 16.6 Å². The molecule has 0 aliphatic heterocycles. The minimum Gasteiger partial charge on any atom is -0.310 e. The van der Waals surface area contributed by atoms with Gasteiger partial charge in [0.2, 0.25) is 5.91 Å². The summed E-state index contributed by atoms with van der Waals surface area (Å²) in [5.74, 6) is 0.367. The number of aliphatic imine (C=N–C) groups is 1. The molecule has 2 heterocycles. The van der Waals surface area contributed by atoms with Crippen molar-refractivity contribution in [3.63, 3.8) is 0 Å². The van der Waals surface area contributed by atoms with Crippen LogP contribution in [0.4, 0.5) is 0 Å². The molecule has 1 aliphatic carbocycles. The molecule has 0 atom stereocenters. The van der Waals surface area contributed by atoms with E-state index in [1.807, 2.05) is 19.9 Å². The van der Waals surface area contributed by atoms with Crippen molar-refractivity contribution in [2.75, 3.05) is 0 Å². The van der Waals surface area contributed by atoms with Crippen LogP contribution in [0.3, 0.4) is 0 Å². The first-order valence-electron chi connectivity index (χ1n) is 8.95. The number of aromatic nitrogens is 3. The van der Waals surface area contributed by atoms with Crippen molar-refractivity contribution < 1.29 is 4.79 Å². The van der Waals surface area contributed by atoms with Crippen molar-refractivity contribution in [3.05, 3.63) is 46.3 Å². The summed E-state index contributed by atoms with van der Waals surface area (Å²) >= 11 is 0. The first-order valence-corrected chi connectivity index (χ1v) is 8.95. The molecule has 0 aromatic carbocycles. The highest BCUT2D eigenvalue weighted by molar-refractivity contribution is 5.81. The highest BCUT2D eigenvalue weighted by atomic mass is 16.2. The molecule has 7 nitrogen and oxygen atoms in total. The number of rotatable bonds is 7. The number of pyridine rings is 1. The third-order valence-electron chi connectivity index (χ3n) is 4.23. The van der Waals surface area contributed by atoms with Gasteiger partial charge in [-0.15, -0.1) is 0 Å². The van der Waals surface area contributed by atoms with Crippen molar-refractivity contribution in [2.24, 2.45) is 4.99 Å². The Balaban J connectivity index is 1.89. The fraction of sp³-hybridized carbons (Fsp3) is 0.421. The summed E-state index contributed by atoms with van der Waals surface area (Å²) in [7, 11) is 0. The zero-order chi connectivity index (χ0) is 18.7. The summed E-state index contributed by atoms with van der Waals surface area (Å²) in [6.45, 7) is 7.38. The third-order valence-corrected chi connectivity index (χ3v) is 4.23. The number of carbonyl (C=O) groups is 1. The predicted octanol–water partition coefficient (Wildman–Crippen LogP) is 2.30. The second-order valence-corrected chi connectivity index (χ2v) is 6.38. The smallest absolute Gasteiger partial charge is 0.276 e. The molecule has 0 bridgehead atoms. The van der Waals surface area contributed by atoms with E-state index in [9.17, 15) is 9.59 Å². The summed E-state index contributed by atoms with van der Waals surface area (Å²) in [4.78, 5) is 33.5. The van der Waals surface area contributed by atoms with E-state index in [0.29, 0.717) is 23.2 Å². The lowest BCUT2D eigenvalue weighted by Gasteiger charge is -2.10. The van der Waals surface area contributed by atoms with E-state index in [-0.39, 0.29) is 23.8 Å². The van der Waals surface area contributed by atoms with Crippen LogP contribution in [-0.4, -0.2) is 26.9 Å². The standard InChI is InChI=1S/C19H23N5O2/c1-4-10-20-12(3)21-17(25)11-24-19(26)14-8-9-16(13-6-7-13)22-18(14)15(5-2)23-24/h8-10,13H,3-7,11H2,1-2H3,(H,21,25)/b20-10-. The molecule has 1 amide bonds. The molecule has 1 fully saturated rings. The number of aryl methyl sites for hydroxylation is 1. The van der Waals surface area contributed by atoms with E-state index < -0.39 is 0 Å². The van der Waals surface area contributed by atoms with E-state index in [0.717, 1.165) is 30.7 Å². The Bertz CT molecular complexity index is 941. The Morgan fingerprint density at radius 3 is 2.85 bits per heavy atom. The number of hydrogen-bond donors (Lipinski definition) is 1. The topological polar surface area (TPSA) is 89.2 Å². The maximum atomic E-state index is 12.7. The van der Waals surface area contributed by atoms with Gasteiger partial charge in [-0.1, -0.05) is 20.4 Å². The van der Waals surface area contributed by atoms with Crippen LogP contribution in [0, 0.1) is 0 Å². The van der Waals surface area contributed by atoms with Gasteiger partial charge in [0.25, 0.3) is 5.56 Å². The lowest BCUT2D eigenvalue weighted by atomic mass is 10.1. The third kappa shape index (κ3) is 3.87.